The van der Waals surface area contributed by atoms with Crippen LogP contribution in [0.25, 0.3) is 11.0 Å². The summed E-state index contributed by atoms with van der Waals surface area (Å²) in [5, 5.41) is 1.16. The van der Waals surface area contributed by atoms with E-state index in [0.717, 1.165) is 11.0 Å². The van der Waals surface area contributed by atoms with Gasteiger partial charge in [-0.3, -0.25) is 0 Å². The van der Waals surface area contributed by atoms with Gasteiger partial charge in [0.2, 0.25) is 0 Å². The molecule has 2 heteroatoms. The molecule has 0 aliphatic rings. The summed E-state index contributed by atoms with van der Waals surface area (Å²) >= 11 is 0. The van der Waals surface area contributed by atoms with Crippen molar-refractivity contribution in [3.63, 3.8) is 0 Å². The van der Waals surface area contributed by atoms with Crippen molar-refractivity contribution >= 4 is 29.8 Å². The first-order valence-corrected chi connectivity index (χ1v) is 2.89. The first-order valence-electron chi connectivity index (χ1n) is 2.89. The Balaban J connectivity index is 0.000000500. The molecule has 1 radical (unpaired) electrons. The first-order chi connectivity index (χ1) is 4.47. The minimum atomic E-state index is 0. The topological polar surface area (TPSA) is 13.1 Å². The van der Waals surface area contributed by atoms with Crippen molar-refractivity contribution in [2.45, 2.75) is 0 Å². The van der Waals surface area contributed by atoms with Crippen LogP contribution in [0.5, 0.6) is 0 Å². The van der Waals surface area contributed by atoms with Gasteiger partial charge in [-0.15, -0.1) is 0 Å². The van der Waals surface area contributed by atoms with Crippen LogP contribution < -0.4 is 0 Å². The fourth-order valence-corrected chi connectivity index (χ4v) is 0.906. The summed E-state index contributed by atoms with van der Waals surface area (Å²) in [4.78, 5) is 0. The maximum atomic E-state index is 5.12. The van der Waals surface area contributed by atoms with E-state index in [1.165, 1.54) is 0 Å². The van der Waals surface area contributed by atoms with E-state index >= 15 is 0 Å². The van der Waals surface area contributed by atoms with Crippen molar-refractivity contribution < 1.29 is 4.42 Å². The van der Waals surface area contributed by atoms with Gasteiger partial charge in [0.15, 0.2) is 0 Å². The molecule has 0 spiro atoms. The molecule has 0 fully saturated rings. The number of hydrogen-bond donors (Lipinski definition) is 0. The van der Waals surface area contributed by atoms with Crippen LogP contribution in [0, 0.1) is 0 Å². The minimum absolute atomic E-state index is 0. The Hall–Kier alpha value is -0.643. The van der Waals surface area contributed by atoms with Crippen molar-refractivity contribution in [1.29, 1.82) is 0 Å². The van der Waals surface area contributed by atoms with E-state index in [2.05, 4.69) is 0 Å². The smallest absolute Gasteiger partial charge is 0.133 e. The molecule has 0 bridgehead atoms. The molecule has 1 aromatic carbocycles. The molecule has 1 nitrogen and oxygen atoms in total. The second kappa shape index (κ2) is 2.96. The Morgan fingerprint density at radius 3 is 2.60 bits per heavy atom. The van der Waals surface area contributed by atoms with Gasteiger partial charge in [0, 0.05) is 24.2 Å². The van der Waals surface area contributed by atoms with Crippen molar-refractivity contribution in [2.24, 2.45) is 0 Å². The summed E-state index contributed by atoms with van der Waals surface area (Å²) in [6.45, 7) is 0. The zero-order chi connectivity index (χ0) is 6.10. The van der Waals surface area contributed by atoms with Crippen molar-refractivity contribution in [1.82, 2.24) is 0 Å². The summed E-state index contributed by atoms with van der Waals surface area (Å²) in [5.74, 6) is 0. The van der Waals surface area contributed by atoms with Crippen molar-refractivity contribution in [3.8, 4) is 0 Å². The van der Waals surface area contributed by atoms with Gasteiger partial charge in [0.1, 0.15) is 5.58 Å². The number of benzene rings is 1. The summed E-state index contributed by atoms with van der Waals surface area (Å²) < 4.78 is 5.12. The molecule has 10 heavy (non-hydrogen) atoms. The van der Waals surface area contributed by atoms with Crippen molar-refractivity contribution in [3.05, 3.63) is 36.6 Å². The summed E-state index contributed by atoms with van der Waals surface area (Å²) in [6, 6.07) is 9.90. The number of furan rings is 1. The third-order valence-electron chi connectivity index (χ3n) is 1.36. The number of fused-ring (bicyclic) bond motifs is 1. The minimum Gasteiger partial charge on any atom is -0.464 e. The van der Waals surface area contributed by atoms with Crippen LogP contribution in [0.15, 0.2) is 41.0 Å². The van der Waals surface area contributed by atoms with Gasteiger partial charge in [-0.1, -0.05) is 18.2 Å². The SMILES string of the molecule is [Li].c1ccc2occc2c1. The van der Waals surface area contributed by atoms with Gasteiger partial charge in [0.05, 0.1) is 6.26 Å². The molecule has 0 amide bonds. The van der Waals surface area contributed by atoms with Crippen LogP contribution >= 0.6 is 0 Å². The molecule has 0 unspecified atom stereocenters. The largest absolute Gasteiger partial charge is 0.464 e. The molecule has 0 saturated carbocycles. The quantitative estimate of drug-likeness (QED) is 0.491. The molecule has 1 heterocycles. The molecule has 1 aromatic heterocycles. The van der Waals surface area contributed by atoms with Gasteiger partial charge >= 0.3 is 0 Å². The first kappa shape index (κ1) is 7.46. The summed E-state index contributed by atoms with van der Waals surface area (Å²) in [6.07, 6.45) is 1.70. The van der Waals surface area contributed by atoms with Gasteiger partial charge in [-0.25, -0.2) is 0 Å². The number of para-hydroxylation sites is 1. The van der Waals surface area contributed by atoms with Gasteiger partial charge in [-0.2, -0.15) is 0 Å². The van der Waals surface area contributed by atoms with E-state index < -0.39 is 0 Å². The van der Waals surface area contributed by atoms with Crippen LogP contribution in [-0.2, 0) is 0 Å². The zero-order valence-corrected chi connectivity index (χ0v) is 5.87. The Kier molecular flexibility index (Phi) is 2.21. The Morgan fingerprint density at radius 1 is 1.00 bits per heavy atom. The second-order valence-electron chi connectivity index (χ2n) is 1.96. The third kappa shape index (κ3) is 1.11. The van der Waals surface area contributed by atoms with Gasteiger partial charge in [-0.05, 0) is 12.1 Å². The second-order valence-corrected chi connectivity index (χ2v) is 1.96. The van der Waals surface area contributed by atoms with Crippen LogP contribution in [0.2, 0.25) is 0 Å². The number of hydrogen-bond acceptors (Lipinski definition) is 1. The standard InChI is InChI=1S/C8H6O.Li/c1-2-4-8-7(3-1)5-6-9-8;/h1-6H;. The van der Waals surface area contributed by atoms with E-state index in [9.17, 15) is 0 Å². The summed E-state index contributed by atoms with van der Waals surface area (Å²) in [5.41, 5.74) is 0.956. The maximum absolute atomic E-state index is 5.12. The fourth-order valence-electron chi connectivity index (χ4n) is 0.906. The Morgan fingerprint density at radius 2 is 1.80 bits per heavy atom. The molecule has 0 aliphatic heterocycles. The molecule has 45 valence electrons. The molecule has 0 N–H and O–H groups in total. The monoisotopic (exact) mass is 125 g/mol. The third-order valence-corrected chi connectivity index (χ3v) is 1.36. The van der Waals surface area contributed by atoms with E-state index in [4.69, 9.17) is 4.42 Å². The predicted molar refractivity (Wildman–Crippen MR) is 42.0 cm³/mol. The van der Waals surface area contributed by atoms with E-state index in [1.54, 1.807) is 6.26 Å². The molecule has 0 atom stereocenters. The average Bonchev–Trinajstić information content (AvgIpc) is 2.33. The maximum Gasteiger partial charge on any atom is 0.133 e. The van der Waals surface area contributed by atoms with Crippen LogP contribution in [0.4, 0.5) is 0 Å². The van der Waals surface area contributed by atoms with E-state index in [1.807, 2.05) is 30.3 Å². The zero-order valence-electron chi connectivity index (χ0n) is 5.87. The fraction of sp³-hybridized carbons (Fsp3) is 0. The molecule has 2 rings (SSSR count). The van der Waals surface area contributed by atoms with Gasteiger partial charge in [0.25, 0.3) is 0 Å². The molecular formula is C8H6LiO. The van der Waals surface area contributed by atoms with E-state index in [0.29, 0.717) is 0 Å². The number of rotatable bonds is 0. The van der Waals surface area contributed by atoms with Crippen LogP contribution in [0.1, 0.15) is 0 Å². The summed E-state index contributed by atoms with van der Waals surface area (Å²) in [7, 11) is 0. The molecule has 0 saturated heterocycles. The normalized spacial score (nSPS) is 9.20. The Labute approximate surface area is 71.2 Å². The van der Waals surface area contributed by atoms with Crippen molar-refractivity contribution in [2.75, 3.05) is 0 Å². The molecule has 2 aromatic rings. The van der Waals surface area contributed by atoms with Gasteiger partial charge < -0.3 is 4.42 Å². The molecular weight excluding hydrogens is 119 g/mol. The van der Waals surface area contributed by atoms with E-state index in [-0.39, 0.29) is 18.9 Å². The Bertz CT molecular complexity index is 283. The van der Waals surface area contributed by atoms with Crippen LogP contribution in [-0.4, -0.2) is 18.9 Å². The molecule has 0 aliphatic carbocycles. The average molecular weight is 125 g/mol. The predicted octanol–water partition coefficient (Wildman–Crippen LogP) is 2.05. The van der Waals surface area contributed by atoms with Crippen LogP contribution in [0.3, 0.4) is 0 Å².